The number of esters is 1. The predicted molar refractivity (Wildman–Crippen MR) is 111 cm³/mol. The van der Waals surface area contributed by atoms with Gasteiger partial charge in [-0.25, -0.2) is 9.48 Å². The van der Waals surface area contributed by atoms with E-state index in [4.69, 9.17) is 4.74 Å². The van der Waals surface area contributed by atoms with Crippen LogP contribution in [0.3, 0.4) is 0 Å². The van der Waals surface area contributed by atoms with Crippen LogP contribution in [0, 0.1) is 13.8 Å². The van der Waals surface area contributed by atoms with Gasteiger partial charge in [-0.05, 0) is 45.0 Å². The molecule has 0 saturated carbocycles. The van der Waals surface area contributed by atoms with Crippen LogP contribution in [0.1, 0.15) is 34.2 Å². The molecule has 0 unspecified atom stereocenters. The van der Waals surface area contributed by atoms with E-state index in [0.29, 0.717) is 5.69 Å². The van der Waals surface area contributed by atoms with Crippen molar-refractivity contribution in [1.82, 2.24) is 14.8 Å². The Morgan fingerprint density at radius 1 is 1.17 bits per heavy atom. The lowest BCUT2D eigenvalue weighted by molar-refractivity contribution is -0.111. The number of benzene rings is 1. The molecule has 0 atom stereocenters. The standard InChI is InChI=1S/C22H22N4O3/c1-4-29-22(28)19-12-13-23-14-20(19)24-21(27)11-10-18-15(2)25-26(16(18)3)17-8-6-5-7-9-17/h5-14H,4H2,1-3H3,(H,24,27)/b11-10+. The fourth-order valence-corrected chi connectivity index (χ4v) is 2.93. The summed E-state index contributed by atoms with van der Waals surface area (Å²) in [4.78, 5) is 28.4. The largest absolute Gasteiger partial charge is 0.462 e. The molecule has 0 aliphatic heterocycles. The summed E-state index contributed by atoms with van der Waals surface area (Å²) in [5, 5.41) is 7.24. The minimum absolute atomic E-state index is 0.248. The van der Waals surface area contributed by atoms with Crippen molar-refractivity contribution in [3.05, 3.63) is 77.4 Å². The summed E-state index contributed by atoms with van der Waals surface area (Å²) in [6, 6.07) is 11.3. The highest BCUT2D eigenvalue weighted by Gasteiger charge is 2.14. The number of aryl methyl sites for hydroxylation is 1. The first-order valence-corrected chi connectivity index (χ1v) is 9.23. The number of nitrogens with zero attached hydrogens (tertiary/aromatic N) is 3. The molecule has 0 saturated heterocycles. The summed E-state index contributed by atoms with van der Waals surface area (Å²) < 4.78 is 6.85. The van der Waals surface area contributed by atoms with E-state index in [-0.39, 0.29) is 18.1 Å². The average Bonchev–Trinajstić information content (AvgIpc) is 3.01. The molecular formula is C22H22N4O3. The van der Waals surface area contributed by atoms with Gasteiger partial charge in [0.05, 0.1) is 35.4 Å². The van der Waals surface area contributed by atoms with Gasteiger partial charge in [0, 0.05) is 23.5 Å². The molecule has 1 aromatic carbocycles. The molecule has 0 spiro atoms. The van der Waals surface area contributed by atoms with E-state index in [1.54, 1.807) is 13.0 Å². The zero-order valence-corrected chi connectivity index (χ0v) is 16.5. The Hall–Kier alpha value is -3.74. The van der Waals surface area contributed by atoms with E-state index in [1.807, 2.05) is 48.9 Å². The van der Waals surface area contributed by atoms with Crippen LogP contribution in [0.15, 0.2) is 54.9 Å². The van der Waals surface area contributed by atoms with Crippen LogP contribution >= 0.6 is 0 Å². The third-order valence-corrected chi connectivity index (χ3v) is 4.32. The Kier molecular flexibility index (Phi) is 6.19. The smallest absolute Gasteiger partial charge is 0.340 e. The van der Waals surface area contributed by atoms with E-state index in [0.717, 1.165) is 22.6 Å². The number of rotatable bonds is 6. The summed E-state index contributed by atoms with van der Waals surface area (Å²) in [5.41, 5.74) is 4.10. The zero-order chi connectivity index (χ0) is 20.8. The Balaban J connectivity index is 1.79. The molecule has 3 aromatic rings. The van der Waals surface area contributed by atoms with Gasteiger partial charge in [-0.3, -0.25) is 9.78 Å². The van der Waals surface area contributed by atoms with Gasteiger partial charge < -0.3 is 10.1 Å². The molecule has 0 radical (unpaired) electrons. The van der Waals surface area contributed by atoms with Crippen LogP contribution in [-0.4, -0.2) is 33.2 Å². The number of para-hydroxylation sites is 1. The normalized spacial score (nSPS) is 10.9. The maximum Gasteiger partial charge on any atom is 0.340 e. The number of nitrogens with one attached hydrogen (secondary N) is 1. The topological polar surface area (TPSA) is 86.1 Å². The lowest BCUT2D eigenvalue weighted by Gasteiger charge is -2.08. The summed E-state index contributed by atoms with van der Waals surface area (Å²) in [6.07, 6.45) is 6.02. The van der Waals surface area contributed by atoms with Crippen molar-refractivity contribution in [3.63, 3.8) is 0 Å². The van der Waals surface area contributed by atoms with Gasteiger partial charge in [-0.15, -0.1) is 0 Å². The average molecular weight is 390 g/mol. The number of ether oxygens (including phenoxy) is 1. The molecule has 148 valence electrons. The molecule has 0 bridgehead atoms. The number of pyridine rings is 1. The van der Waals surface area contributed by atoms with Crippen LogP contribution in [0.4, 0.5) is 5.69 Å². The van der Waals surface area contributed by atoms with Gasteiger partial charge in [-0.2, -0.15) is 5.10 Å². The molecule has 2 aromatic heterocycles. The monoisotopic (exact) mass is 390 g/mol. The number of amides is 1. The van der Waals surface area contributed by atoms with Crippen molar-refractivity contribution in [2.75, 3.05) is 11.9 Å². The molecule has 3 rings (SSSR count). The number of aromatic nitrogens is 3. The fraction of sp³-hybridized carbons (Fsp3) is 0.182. The Morgan fingerprint density at radius 3 is 2.66 bits per heavy atom. The summed E-state index contributed by atoms with van der Waals surface area (Å²) in [5.74, 6) is -0.889. The Labute approximate surface area is 169 Å². The van der Waals surface area contributed by atoms with E-state index < -0.39 is 5.97 Å². The van der Waals surface area contributed by atoms with E-state index in [9.17, 15) is 9.59 Å². The molecule has 0 aliphatic carbocycles. The van der Waals surface area contributed by atoms with E-state index in [1.165, 1.54) is 24.5 Å². The second kappa shape index (κ2) is 8.97. The number of carbonyl (C=O) groups excluding carboxylic acids is 2. The molecule has 2 heterocycles. The van der Waals surface area contributed by atoms with Crippen LogP contribution in [-0.2, 0) is 9.53 Å². The predicted octanol–water partition coefficient (Wildman–Crippen LogP) is 3.71. The van der Waals surface area contributed by atoms with Crippen molar-refractivity contribution < 1.29 is 14.3 Å². The van der Waals surface area contributed by atoms with E-state index >= 15 is 0 Å². The summed E-state index contributed by atoms with van der Waals surface area (Å²) in [7, 11) is 0. The highest BCUT2D eigenvalue weighted by atomic mass is 16.5. The fourth-order valence-electron chi connectivity index (χ4n) is 2.93. The minimum atomic E-state index is -0.509. The lowest BCUT2D eigenvalue weighted by Crippen LogP contribution is -2.14. The zero-order valence-electron chi connectivity index (χ0n) is 16.5. The van der Waals surface area contributed by atoms with Gasteiger partial charge in [0.2, 0.25) is 5.91 Å². The van der Waals surface area contributed by atoms with Crippen LogP contribution < -0.4 is 5.32 Å². The summed E-state index contributed by atoms with van der Waals surface area (Å²) >= 11 is 0. The van der Waals surface area contributed by atoms with Crippen molar-refractivity contribution in [1.29, 1.82) is 0 Å². The van der Waals surface area contributed by atoms with Crippen molar-refractivity contribution >= 4 is 23.6 Å². The number of hydrogen-bond acceptors (Lipinski definition) is 5. The SMILES string of the molecule is CCOC(=O)c1ccncc1NC(=O)/C=C/c1c(C)nn(-c2ccccc2)c1C. The highest BCUT2D eigenvalue weighted by molar-refractivity contribution is 6.06. The lowest BCUT2D eigenvalue weighted by atomic mass is 10.1. The highest BCUT2D eigenvalue weighted by Crippen LogP contribution is 2.20. The van der Waals surface area contributed by atoms with Crippen molar-refractivity contribution in [3.8, 4) is 5.69 Å². The number of anilines is 1. The molecule has 0 aliphatic rings. The van der Waals surface area contributed by atoms with Gasteiger partial charge in [0.25, 0.3) is 0 Å². The van der Waals surface area contributed by atoms with Crippen molar-refractivity contribution in [2.24, 2.45) is 0 Å². The van der Waals surface area contributed by atoms with Gasteiger partial charge in [-0.1, -0.05) is 18.2 Å². The third kappa shape index (κ3) is 4.57. The first-order valence-electron chi connectivity index (χ1n) is 9.23. The molecule has 0 fully saturated rings. The quantitative estimate of drug-likeness (QED) is 0.512. The summed E-state index contributed by atoms with van der Waals surface area (Å²) in [6.45, 7) is 5.81. The molecule has 29 heavy (non-hydrogen) atoms. The Morgan fingerprint density at radius 2 is 1.93 bits per heavy atom. The maximum absolute atomic E-state index is 12.4. The maximum atomic E-state index is 12.4. The van der Waals surface area contributed by atoms with Gasteiger partial charge in [0.15, 0.2) is 0 Å². The first kappa shape index (κ1) is 20.0. The van der Waals surface area contributed by atoms with Gasteiger partial charge in [0.1, 0.15) is 0 Å². The van der Waals surface area contributed by atoms with Crippen LogP contribution in [0.2, 0.25) is 0 Å². The van der Waals surface area contributed by atoms with E-state index in [2.05, 4.69) is 15.4 Å². The number of carbonyl (C=O) groups is 2. The van der Waals surface area contributed by atoms with Gasteiger partial charge >= 0.3 is 5.97 Å². The van der Waals surface area contributed by atoms with Crippen LogP contribution in [0.5, 0.6) is 0 Å². The molecule has 7 nitrogen and oxygen atoms in total. The second-order valence-electron chi connectivity index (χ2n) is 6.30. The third-order valence-electron chi connectivity index (χ3n) is 4.32. The number of hydrogen-bond donors (Lipinski definition) is 1. The molecule has 1 N–H and O–H groups in total. The first-order chi connectivity index (χ1) is 14.0. The molecular weight excluding hydrogens is 368 g/mol. The van der Waals surface area contributed by atoms with Crippen molar-refractivity contribution in [2.45, 2.75) is 20.8 Å². The Bertz CT molecular complexity index is 1060. The molecule has 7 heteroatoms. The molecule has 1 amide bonds. The second-order valence-corrected chi connectivity index (χ2v) is 6.30. The van der Waals surface area contributed by atoms with Crippen LogP contribution in [0.25, 0.3) is 11.8 Å². The minimum Gasteiger partial charge on any atom is -0.462 e.